The second-order valence-electron chi connectivity index (χ2n) is 8.24. The summed E-state index contributed by atoms with van der Waals surface area (Å²) < 4.78 is 23.8. The van der Waals surface area contributed by atoms with E-state index in [9.17, 15) is 23.6 Å². The van der Waals surface area contributed by atoms with Crippen molar-refractivity contribution in [3.05, 3.63) is 65.5 Å². The standard InChI is InChI=1S/C24H24FN3O6/c25-17-10-8-16(9-11-17)14-33-19-7-3-2-6-18(19)21(30)34-15-20(29)27-28-22(31)24(26-23(28)32)12-4-1-5-13-24/h2-3,6-11H,1,4-5,12-15H2,(H,26,32)(H,27,29). The van der Waals surface area contributed by atoms with Crippen molar-refractivity contribution in [2.75, 3.05) is 6.61 Å². The maximum absolute atomic E-state index is 13.1. The van der Waals surface area contributed by atoms with Crippen molar-refractivity contribution < 1.29 is 33.0 Å². The van der Waals surface area contributed by atoms with E-state index in [-0.39, 0.29) is 23.7 Å². The van der Waals surface area contributed by atoms with E-state index in [4.69, 9.17) is 9.47 Å². The van der Waals surface area contributed by atoms with Gasteiger partial charge in [-0.1, -0.05) is 43.5 Å². The number of amides is 4. The molecular weight excluding hydrogens is 445 g/mol. The van der Waals surface area contributed by atoms with Crippen molar-refractivity contribution in [3.8, 4) is 5.75 Å². The van der Waals surface area contributed by atoms with Gasteiger partial charge in [-0.2, -0.15) is 5.01 Å². The summed E-state index contributed by atoms with van der Waals surface area (Å²) in [5, 5.41) is 3.33. The fourth-order valence-electron chi connectivity index (χ4n) is 4.08. The average Bonchev–Trinajstić information content (AvgIpc) is 3.06. The van der Waals surface area contributed by atoms with Crippen molar-refractivity contribution in [1.82, 2.24) is 15.8 Å². The molecule has 9 nitrogen and oxygen atoms in total. The molecule has 0 atom stereocenters. The van der Waals surface area contributed by atoms with Gasteiger partial charge >= 0.3 is 12.0 Å². The summed E-state index contributed by atoms with van der Waals surface area (Å²) in [4.78, 5) is 49.8. The number of ether oxygens (including phenoxy) is 2. The van der Waals surface area contributed by atoms with Crippen LogP contribution in [0, 0.1) is 5.82 Å². The number of rotatable bonds is 7. The van der Waals surface area contributed by atoms with Crippen LogP contribution in [0.4, 0.5) is 9.18 Å². The number of hydrogen-bond donors (Lipinski definition) is 2. The zero-order valence-corrected chi connectivity index (χ0v) is 18.3. The second kappa shape index (κ2) is 9.90. The van der Waals surface area contributed by atoms with Gasteiger partial charge in [0, 0.05) is 0 Å². The van der Waals surface area contributed by atoms with Crippen LogP contribution >= 0.6 is 0 Å². The molecule has 10 heteroatoms. The molecule has 2 N–H and O–H groups in total. The van der Waals surface area contributed by atoms with Crippen molar-refractivity contribution in [3.63, 3.8) is 0 Å². The summed E-state index contributed by atoms with van der Waals surface area (Å²) in [6.45, 7) is -0.603. The molecule has 1 spiro atoms. The smallest absolute Gasteiger partial charge is 0.344 e. The third kappa shape index (κ3) is 5.00. The minimum absolute atomic E-state index is 0.0913. The Labute approximate surface area is 195 Å². The van der Waals surface area contributed by atoms with Crippen molar-refractivity contribution in [2.45, 2.75) is 44.2 Å². The third-order valence-corrected chi connectivity index (χ3v) is 5.85. The van der Waals surface area contributed by atoms with Gasteiger partial charge in [-0.25, -0.2) is 14.0 Å². The maximum atomic E-state index is 13.1. The Morgan fingerprint density at radius 3 is 2.47 bits per heavy atom. The van der Waals surface area contributed by atoms with Crippen LogP contribution in [0.25, 0.3) is 0 Å². The fraction of sp³-hybridized carbons (Fsp3) is 0.333. The molecule has 1 aliphatic heterocycles. The Morgan fingerprint density at radius 1 is 1.03 bits per heavy atom. The Bertz CT molecular complexity index is 1100. The zero-order valence-electron chi connectivity index (χ0n) is 18.3. The fourth-order valence-corrected chi connectivity index (χ4v) is 4.08. The van der Waals surface area contributed by atoms with Gasteiger partial charge in [0.05, 0.1) is 0 Å². The normalized spacial score (nSPS) is 16.8. The highest BCUT2D eigenvalue weighted by Crippen LogP contribution is 2.33. The number of imide groups is 1. The molecule has 2 aromatic carbocycles. The van der Waals surface area contributed by atoms with Crippen molar-refractivity contribution in [1.29, 1.82) is 0 Å². The first-order valence-corrected chi connectivity index (χ1v) is 11.0. The number of hydrazine groups is 1. The summed E-state index contributed by atoms with van der Waals surface area (Å²) >= 11 is 0. The van der Waals surface area contributed by atoms with E-state index in [1.165, 1.54) is 18.2 Å². The quantitative estimate of drug-likeness (QED) is 0.476. The number of carbonyl (C=O) groups is 4. The largest absolute Gasteiger partial charge is 0.488 e. The molecule has 2 aliphatic rings. The molecule has 0 bridgehead atoms. The minimum atomic E-state index is -0.972. The van der Waals surface area contributed by atoms with Crippen LogP contribution in [0.1, 0.15) is 48.0 Å². The zero-order chi connectivity index (χ0) is 24.1. The van der Waals surface area contributed by atoms with Crippen LogP contribution in [0.5, 0.6) is 5.75 Å². The highest BCUT2D eigenvalue weighted by molar-refractivity contribution is 6.08. The molecule has 1 saturated heterocycles. The number of nitrogens with zero attached hydrogens (tertiary/aromatic N) is 1. The molecule has 4 rings (SSSR count). The number of halogens is 1. The molecule has 2 fully saturated rings. The van der Waals surface area contributed by atoms with Crippen LogP contribution < -0.4 is 15.5 Å². The van der Waals surface area contributed by atoms with Crippen LogP contribution in [0.3, 0.4) is 0 Å². The lowest BCUT2D eigenvalue weighted by Crippen LogP contribution is -2.51. The summed E-state index contributed by atoms with van der Waals surface area (Å²) in [6.07, 6.45) is 3.66. The number of benzene rings is 2. The lowest BCUT2D eigenvalue weighted by molar-refractivity contribution is -0.140. The van der Waals surface area contributed by atoms with Crippen LogP contribution in [-0.2, 0) is 20.9 Å². The van der Waals surface area contributed by atoms with Gasteiger partial charge in [-0.05, 0) is 42.7 Å². The van der Waals surface area contributed by atoms with Gasteiger partial charge in [0.25, 0.3) is 11.8 Å². The third-order valence-electron chi connectivity index (χ3n) is 5.85. The Kier molecular flexibility index (Phi) is 6.76. The van der Waals surface area contributed by atoms with E-state index >= 15 is 0 Å². The second-order valence-corrected chi connectivity index (χ2v) is 8.24. The molecule has 1 heterocycles. The van der Waals surface area contributed by atoms with Crippen LogP contribution in [0.2, 0.25) is 0 Å². The Morgan fingerprint density at radius 2 is 1.74 bits per heavy atom. The highest BCUT2D eigenvalue weighted by atomic mass is 19.1. The maximum Gasteiger partial charge on any atom is 0.344 e. The van der Waals surface area contributed by atoms with E-state index in [1.54, 1.807) is 30.3 Å². The van der Waals surface area contributed by atoms with E-state index < -0.39 is 36.0 Å². The van der Waals surface area contributed by atoms with Gasteiger partial charge in [-0.3, -0.25) is 15.0 Å². The van der Waals surface area contributed by atoms with E-state index in [0.29, 0.717) is 23.4 Å². The number of carbonyl (C=O) groups excluding carboxylic acids is 4. The molecule has 4 amide bonds. The number of nitrogens with one attached hydrogen (secondary N) is 2. The molecule has 1 aliphatic carbocycles. The lowest BCUT2D eigenvalue weighted by atomic mass is 9.82. The van der Waals surface area contributed by atoms with Crippen LogP contribution in [-0.4, -0.2) is 41.0 Å². The first-order chi connectivity index (χ1) is 16.4. The first kappa shape index (κ1) is 23.2. The average molecular weight is 469 g/mol. The monoisotopic (exact) mass is 469 g/mol. The molecule has 0 radical (unpaired) electrons. The number of hydrogen-bond acceptors (Lipinski definition) is 6. The molecule has 2 aromatic rings. The Balaban J connectivity index is 1.32. The SMILES string of the molecule is O=C(COC(=O)c1ccccc1OCc1ccc(F)cc1)NN1C(=O)NC2(CCCCC2)C1=O. The van der Waals surface area contributed by atoms with Gasteiger partial charge in [0.15, 0.2) is 6.61 Å². The lowest BCUT2D eigenvalue weighted by Gasteiger charge is -2.30. The van der Waals surface area contributed by atoms with Crippen molar-refractivity contribution in [2.24, 2.45) is 0 Å². The Hall–Kier alpha value is -3.95. The van der Waals surface area contributed by atoms with Crippen molar-refractivity contribution >= 4 is 23.8 Å². The number of urea groups is 1. The highest BCUT2D eigenvalue weighted by Gasteiger charge is 2.52. The first-order valence-electron chi connectivity index (χ1n) is 11.0. The predicted octanol–water partition coefficient (Wildman–Crippen LogP) is 2.85. The summed E-state index contributed by atoms with van der Waals surface area (Å²) in [5.41, 5.74) is 2.04. The van der Waals surface area contributed by atoms with E-state index in [1.807, 2.05) is 0 Å². The summed E-state index contributed by atoms with van der Waals surface area (Å²) in [5.74, 6) is -2.28. The van der Waals surface area contributed by atoms with Gasteiger partial charge in [-0.15, -0.1) is 0 Å². The van der Waals surface area contributed by atoms with E-state index in [2.05, 4.69) is 10.7 Å². The molecule has 0 aromatic heterocycles. The predicted molar refractivity (Wildman–Crippen MR) is 117 cm³/mol. The molecule has 1 saturated carbocycles. The summed E-state index contributed by atoms with van der Waals surface area (Å²) in [6, 6.07) is 11.4. The minimum Gasteiger partial charge on any atom is -0.488 e. The van der Waals surface area contributed by atoms with Gasteiger partial charge in [0.1, 0.15) is 29.3 Å². The number of para-hydroxylation sites is 1. The van der Waals surface area contributed by atoms with Crippen LogP contribution in [0.15, 0.2) is 48.5 Å². The summed E-state index contributed by atoms with van der Waals surface area (Å²) in [7, 11) is 0. The molecule has 178 valence electrons. The molecule has 34 heavy (non-hydrogen) atoms. The molecule has 0 unspecified atom stereocenters. The van der Waals surface area contributed by atoms with Gasteiger partial charge < -0.3 is 14.8 Å². The van der Waals surface area contributed by atoms with E-state index in [0.717, 1.165) is 19.3 Å². The topological polar surface area (TPSA) is 114 Å². The van der Waals surface area contributed by atoms with Gasteiger partial charge in [0.2, 0.25) is 0 Å². The number of esters is 1. The molecular formula is C24H24FN3O6.